The molecule has 142 valence electrons. The van der Waals surface area contributed by atoms with Crippen LogP contribution in [0.2, 0.25) is 0 Å². The second-order valence-electron chi connectivity index (χ2n) is 5.93. The van der Waals surface area contributed by atoms with Crippen LogP contribution >= 0.6 is 0 Å². The Balaban J connectivity index is 1.77. The van der Waals surface area contributed by atoms with Crippen molar-refractivity contribution in [1.82, 2.24) is 15.2 Å². The zero-order valence-corrected chi connectivity index (χ0v) is 15.5. The normalized spacial score (nSPS) is 10.8. The van der Waals surface area contributed by atoms with Gasteiger partial charge in [-0.2, -0.15) is 5.10 Å². The predicted molar refractivity (Wildman–Crippen MR) is 103 cm³/mol. The Kier molecular flexibility index (Phi) is 4.44. The fourth-order valence-electron chi connectivity index (χ4n) is 2.88. The van der Waals surface area contributed by atoms with Gasteiger partial charge in [0.2, 0.25) is 0 Å². The van der Waals surface area contributed by atoms with E-state index in [2.05, 4.69) is 15.2 Å². The Morgan fingerprint density at radius 1 is 0.929 bits per heavy atom. The SMILES string of the molecule is COc1ccc2oc(=O)c(-c3nc(-c4ccc(OC)c(OC)c4)n[nH]3)cc2c1. The van der Waals surface area contributed by atoms with Crippen molar-refractivity contribution in [1.29, 1.82) is 0 Å². The number of H-pyrrole nitrogens is 1. The van der Waals surface area contributed by atoms with E-state index < -0.39 is 5.63 Å². The lowest BCUT2D eigenvalue weighted by atomic mass is 10.1. The summed E-state index contributed by atoms with van der Waals surface area (Å²) < 4.78 is 21.2. The van der Waals surface area contributed by atoms with Crippen LogP contribution in [-0.2, 0) is 0 Å². The fourth-order valence-corrected chi connectivity index (χ4v) is 2.88. The van der Waals surface area contributed by atoms with Crippen LogP contribution in [0.4, 0.5) is 0 Å². The Hall–Kier alpha value is -3.81. The number of aromatic amines is 1. The van der Waals surface area contributed by atoms with Crippen molar-refractivity contribution in [2.75, 3.05) is 21.3 Å². The number of hydrogen-bond donors (Lipinski definition) is 1. The third-order valence-electron chi connectivity index (χ3n) is 4.32. The summed E-state index contributed by atoms with van der Waals surface area (Å²) in [5.41, 5.74) is 0.953. The van der Waals surface area contributed by atoms with Crippen LogP contribution in [0.1, 0.15) is 0 Å². The molecule has 0 atom stereocenters. The highest BCUT2D eigenvalue weighted by molar-refractivity contribution is 5.82. The molecule has 2 aromatic carbocycles. The lowest BCUT2D eigenvalue weighted by Crippen LogP contribution is -2.03. The van der Waals surface area contributed by atoms with Crippen molar-refractivity contribution in [2.45, 2.75) is 0 Å². The van der Waals surface area contributed by atoms with Crippen molar-refractivity contribution < 1.29 is 18.6 Å². The van der Waals surface area contributed by atoms with Gasteiger partial charge in [0.05, 0.1) is 21.3 Å². The van der Waals surface area contributed by atoms with Gasteiger partial charge in [-0.3, -0.25) is 5.10 Å². The average molecular weight is 379 g/mol. The number of fused-ring (bicyclic) bond motifs is 1. The van der Waals surface area contributed by atoms with Gasteiger partial charge in [-0.25, -0.2) is 9.78 Å². The molecular weight excluding hydrogens is 362 g/mol. The highest BCUT2D eigenvalue weighted by Crippen LogP contribution is 2.31. The number of hydrogen-bond acceptors (Lipinski definition) is 7. The third-order valence-corrected chi connectivity index (χ3v) is 4.32. The average Bonchev–Trinajstić information content (AvgIpc) is 3.22. The van der Waals surface area contributed by atoms with Gasteiger partial charge in [-0.05, 0) is 42.5 Å². The van der Waals surface area contributed by atoms with Crippen molar-refractivity contribution in [3.05, 3.63) is 52.9 Å². The topological polar surface area (TPSA) is 99.5 Å². The molecule has 0 aliphatic rings. The van der Waals surface area contributed by atoms with E-state index in [0.29, 0.717) is 40.0 Å². The first-order valence-corrected chi connectivity index (χ1v) is 8.40. The van der Waals surface area contributed by atoms with Crippen molar-refractivity contribution in [3.8, 4) is 40.0 Å². The molecule has 8 heteroatoms. The van der Waals surface area contributed by atoms with Gasteiger partial charge >= 0.3 is 5.63 Å². The maximum absolute atomic E-state index is 12.4. The minimum Gasteiger partial charge on any atom is -0.497 e. The molecule has 0 saturated carbocycles. The van der Waals surface area contributed by atoms with E-state index in [4.69, 9.17) is 18.6 Å². The summed E-state index contributed by atoms with van der Waals surface area (Å²) in [4.78, 5) is 16.8. The van der Waals surface area contributed by atoms with Crippen LogP contribution in [0, 0.1) is 0 Å². The molecule has 8 nitrogen and oxygen atoms in total. The summed E-state index contributed by atoms with van der Waals surface area (Å²) in [5, 5.41) is 7.73. The van der Waals surface area contributed by atoms with Gasteiger partial charge in [0.1, 0.15) is 16.9 Å². The number of nitrogens with one attached hydrogen (secondary N) is 1. The predicted octanol–water partition coefficient (Wildman–Crippen LogP) is 3.27. The van der Waals surface area contributed by atoms with Crippen LogP contribution < -0.4 is 19.8 Å². The molecule has 2 aromatic heterocycles. The maximum atomic E-state index is 12.4. The van der Waals surface area contributed by atoms with Crippen LogP contribution in [0.5, 0.6) is 17.2 Å². The number of nitrogens with zero attached hydrogens (tertiary/aromatic N) is 2. The molecule has 0 aliphatic heterocycles. The van der Waals surface area contributed by atoms with Crippen LogP contribution in [0.3, 0.4) is 0 Å². The van der Waals surface area contributed by atoms with E-state index in [1.54, 1.807) is 57.7 Å². The lowest BCUT2D eigenvalue weighted by Gasteiger charge is -2.07. The second-order valence-corrected chi connectivity index (χ2v) is 5.93. The number of aromatic nitrogens is 3. The minimum absolute atomic E-state index is 0.278. The molecule has 0 amide bonds. The first-order chi connectivity index (χ1) is 13.6. The lowest BCUT2D eigenvalue weighted by molar-refractivity contribution is 0.355. The smallest absolute Gasteiger partial charge is 0.347 e. The Morgan fingerprint density at radius 3 is 2.50 bits per heavy atom. The molecule has 0 aliphatic carbocycles. The van der Waals surface area contributed by atoms with E-state index in [-0.39, 0.29) is 5.56 Å². The first-order valence-electron chi connectivity index (χ1n) is 8.40. The summed E-state index contributed by atoms with van der Waals surface area (Å²) in [6.07, 6.45) is 0. The van der Waals surface area contributed by atoms with E-state index in [1.165, 1.54) is 0 Å². The van der Waals surface area contributed by atoms with Gasteiger partial charge in [0.15, 0.2) is 23.1 Å². The Labute approximate surface area is 159 Å². The highest BCUT2D eigenvalue weighted by Gasteiger charge is 2.15. The summed E-state index contributed by atoms with van der Waals surface area (Å²) in [6, 6.07) is 12.2. The van der Waals surface area contributed by atoms with Crippen LogP contribution in [0.15, 0.2) is 51.7 Å². The molecule has 4 rings (SSSR count). The molecule has 0 radical (unpaired) electrons. The number of rotatable bonds is 5. The zero-order valence-electron chi connectivity index (χ0n) is 15.5. The van der Waals surface area contributed by atoms with Crippen LogP contribution in [-0.4, -0.2) is 36.5 Å². The Morgan fingerprint density at radius 2 is 1.75 bits per heavy atom. The molecule has 0 spiro atoms. The van der Waals surface area contributed by atoms with E-state index in [9.17, 15) is 4.79 Å². The van der Waals surface area contributed by atoms with E-state index >= 15 is 0 Å². The second kappa shape index (κ2) is 7.07. The third kappa shape index (κ3) is 3.05. The van der Waals surface area contributed by atoms with Gasteiger partial charge in [0.25, 0.3) is 0 Å². The summed E-state index contributed by atoms with van der Waals surface area (Å²) in [7, 11) is 4.70. The maximum Gasteiger partial charge on any atom is 0.347 e. The summed E-state index contributed by atoms with van der Waals surface area (Å²) in [5.74, 6) is 2.55. The minimum atomic E-state index is -0.507. The molecule has 1 N–H and O–H groups in total. The van der Waals surface area contributed by atoms with Crippen molar-refractivity contribution in [2.24, 2.45) is 0 Å². The molecular formula is C20H17N3O5. The van der Waals surface area contributed by atoms with Crippen molar-refractivity contribution in [3.63, 3.8) is 0 Å². The molecule has 0 saturated heterocycles. The largest absolute Gasteiger partial charge is 0.497 e. The van der Waals surface area contributed by atoms with Gasteiger partial charge < -0.3 is 18.6 Å². The number of methoxy groups -OCH3 is 3. The molecule has 2 heterocycles. The molecule has 0 unspecified atom stereocenters. The van der Waals surface area contributed by atoms with Crippen LogP contribution in [0.25, 0.3) is 33.7 Å². The number of benzene rings is 2. The van der Waals surface area contributed by atoms with Gasteiger partial charge in [0, 0.05) is 10.9 Å². The summed E-state index contributed by atoms with van der Waals surface area (Å²) >= 11 is 0. The summed E-state index contributed by atoms with van der Waals surface area (Å²) in [6.45, 7) is 0. The molecule has 0 bridgehead atoms. The van der Waals surface area contributed by atoms with Gasteiger partial charge in [-0.1, -0.05) is 0 Å². The van der Waals surface area contributed by atoms with Gasteiger partial charge in [-0.15, -0.1) is 0 Å². The van der Waals surface area contributed by atoms with Crippen molar-refractivity contribution >= 4 is 11.0 Å². The highest BCUT2D eigenvalue weighted by atomic mass is 16.5. The zero-order chi connectivity index (χ0) is 19.7. The van der Waals surface area contributed by atoms with E-state index in [1.807, 2.05) is 6.07 Å². The fraction of sp³-hybridized carbons (Fsp3) is 0.150. The molecule has 4 aromatic rings. The molecule has 0 fully saturated rings. The monoisotopic (exact) mass is 379 g/mol. The quantitative estimate of drug-likeness (QED) is 0.531. The molecule has 28 heavy (non-hydrogen) atoms. The number of ether oxygens (including phenoxy) is 3. The standard InChI is InChI=1S/C20H17N3O5/c1-25-13-5-7-15-12(8-13)9-14(20(24)28-15)19-21-18(22-23-19)11-4-6-16(26-2)17(10-11)27-3/h4-10H,1-3H3,(H,21,22,23). The van der Waals surface area contributed by atoms with E-state index in [0.717, 1.165) is 5.39 Å². The Bertz CT molecular complexity index is 1210. The first kappa shape index (κ1) is 17.6.